The van der Waals surface area contributed by atoms with Gasteiger partial charge in [0.05, 0.1) is 24.8 Å². The molecule has 1 fully saturated rings. The molecule has 120 valence electrons. The van der Waals surface area contributed by atoms with Gasteiger partial charge in [-0.2, -0.15) is 0 Å². The van der Waals surface area contributed by atoms with Gasteiger partial charge in [0.15, 0.2) is 11.0 Å². The molecular formula is C13H18N4O4S. The van der Waals surface area contributed by atoms with Crippen LogP contribution in [0.1, 0.15) is 24.6 Å². The van der Waals surface area contributed by atoms with E-state index in [2.05, 4.69) is 10.2 Å². The molecule has 9 heteroatoms. The second kappa shape index (κ2) is 6.29. The molecule has 0 bridgehead atoms. The molecule has 2 aromatic heterocycles. The number of ether oxygens (including phenoxy) is 1. The predicted octanol–water partition coefficient (Wildman–Crippen LogP) is 1.01. The van der Waals surface area contributed by atoms with Crippen LogP contribution in [0.2, 0.25) is 0 Å². The second-order valence-corrected chi connectivity index (χ2v) is 6.48. The first-order valence-corrected chi connectivity index (χ1v) is 8.11. The Morgan fingerprint density at radius 3 is 2.68 bits per heavy atom. The maximum Gasteiger partial charge on any atom is 0.251 e. The molecule has 2 aromatic rings. The average Bonchev–Trinajstić information content (AvgIpc) is 3.14. The van der Waals surface area contributed by atoms with Gasteiger partial charge in [-0.3, -0.25) is 0 Å². The molecule has 2 unspecified atom stereocenters. The van der Waals surface area contributed by atoms with Gasteiger partial charge in [0, 0.05) is 19.2 Å². The van der Waals surface area contributed by atoms with Crippen LogP contribution in [-0.2, 0) is 15.7 Å². The van der Waals surface area contributed by atoms with Gasteiger partial charge in [0.1, 0.15) is 5.76 Å². The lowest BCUT2D eigenvalue weighted by Crippen LogP contribution is -2.37. The predicted molar refractivity (Wildman–Crippen MR) is 78.1 cm³/mol. The fourth-order valence-electron chi connectivity index (χ4n) is 2.12. The van der Waals surface area contributed by atoms with Gasteiger partial charge >= 0.3 is 0 Å². The van der Waals surface area contributed by atoms with Crippen LogP contribution in [0, 0.1) is 6.92 Å². The van der Waals surface area contributed by atoms with Gasteiger partial charge in [-0.15, -0.1) is 10.2 Å². The Balaban J connectivity index is 1.85. The fraction of sp³-hybridized carbons (Fsp3) is 0.538. The first kappa shape index (κ1) is 15.3. The lowest BCUT2D eigenvalue weighted by Gasteiger charge is -2.23. The summed E-state index contributed by atoms with van der Waals surface area (Å²) < 4.78 is 30.7. The molecule has 2 atom stereocenters. The fourth-order valence-corrected chi connectivity index (χ4v) is 3.27. The van der Waals surface area contributed by atoms with Crippen molar-refractivity contribution in [3.8, 4) is 11.5 Å². The van der Waals surface area contributed by atoms with Crippen molar-refractivity contribution in [2.45, 2.75) is 25.0 Å². The number of aromatic nitrogens is 2. The van der Waals surface area contributed by atoms with Crippen molar-refractivity contribution in [2.75, 3.05) is 26.3 Å². The highest BCUT2D eigenvalue weighted by molar-refractivity contribution is 7.82. The van der Waals surface area contributed by atoms with E-state index in [4.69, 9.17) is 19.3 Å². The highest BCUT2D eigenvalue weighted by atomic mass is 32.2. The van der Waals surface area contributed by atoms with E-state index in [0.717, 1.165) is 0 Å². The van der Waals surface area contributed by atoms with E-state index in [0.29, 0.717) is 54.5 Å². The topological polar surface area (TPSA) is 108 Å². The van der Waals surface area contributed by atoms with E-state index in [1.807, 2.05) is 4.31 Å². The molecule has 1 aliphatic rings. The molecule has 0 aliphatic carbocycles. The van der Waals surface area contributed by atoms with Gasteiger partial charge < -0.3 is 19.3 Å². The van der Waals surface area contributed by atoms with E-state index in [1.54, 1.807) is 19.9 Å². The molecule has 22 heavy (non-hydrogen) atoms. The number of nitrogens with two attached hydrogens (primary N) is 1. The molecule has 0 aromatic carbocycles. The van der Waals surface area contributed by atoms with E-state index in [1.165, 1.54) is 0 Å². The van der Waals surface area contributed by atoms with Crippen molar-refractivity contribution < 1.29 is 17.8 Å². The third-order valence-electron chi connectivity index (χ3n) is 3.33. The summed E-state index contributed by atoms with van der Waals surface area (Å²) in [5, 5.41) is 8.23. The van der Waals surface area contributed by atoms with Gasteiger partial charge in [0.2, 0.25) is 11.0 Å². The van der Waals surface area contributed by atoms with E-state index < -0.39 is 11.0 Å². The molecule has 3 heterocycles. The molecule has 8 nitrogen and oxygen atoms in total. The van der Waals surface area contributed by atoms with Crippen LogP contribution in [0.25, 0.3) is 11.5 Å². The monoisotopic (exact) mass is 326 g/mol. The van der Waals surface area contributed by atoms with Crippen molar-refractivity contribution in [3.63, 3.8) is 0 Å². The number of furan rings is 1. The van der Waals surface area contributed by atoms with E-state index in [9.17, 15) is 4.21 Å². The quantitative estimate of drug-likeness (QED) is 0.893. The summed E-state index contributed by atoms with van der Waals surface area (Å²) in [5.74, 6) is 1.25. The molecule has 1 aliphatic heterocycles. The van der Waals surface area contributed by atoms with Crippen molar-refractivity contribution in [3.05, 3.63) is 17.7 Å². The number of hydrogen-bond acceptors (Lipinski definition) is 7. The number of aryl methyl sites for hydroxylation is 1. The Morgan fingerprint density at radius 1 is 1.32 bits per heavy atom. The molecule has 0 spiro atoms. The molecule has 2 N–H and O–H groups in total. The summed E-state index contributed by atoms with van der Waals surface area (Å²) in [6.07, 6.45) is 0. The molecular weight excluding hydrogens is 308 g/mol. The molecule has 1 saturated heterocycles. The number of nitrogens with zero attached hydrogens (tertiary/aromatic N) is 3. The van der Waals surface area contributed by atoms with Gasteiger partial charge in [0.25, 0.3) is 5.89 Å². The van der Waals surface area contributed by atoms with E-state index in [-0.39, 0.29) is 6.04 Å². The Kier molecular flexibility index (Phi) is 4.39. The largest absolute Gasteiger partial charge is 0.450 e. The Bertz CT molecular complexity index is 675. The zero-order valence-corrected chi connectivity index (χ0v) is 13.3. The van der Waals surface area contributed by atoms with Gasteiger partial charge in [-0.25, -0.2) is 8.51 Å². The van der Waals surface area contributed by atoms with Crippen LogP contribution in [0.4, 0.5) is 0 Å². The minimum Gasteiger partial charge on any atom is -0.450 e. The third kappa shape index (κ3) is 2.98. The third-order valence-corrected chi connectivity index (χ3v) is 4.71. The smallest absolute Gasteiger partial charge is 0.251 e. The van der Waals surface area contributed by atoms with Crippen LogP contribution in [0.5, 0.6) is 0 Å². The summed E-state index contributed by atoms with van der Waals surface area (Å²) in [7, 11) is -1.36. The lowest BCUT2D eigenvalue weighted by molar-refractivity contribution is 0.0747. The van der Waals surface area contributed by atoms with Crippen LogP contribution < -0.4 is 5.73 Å². The maximum atomic E-state index is 12.5. The first-order chi connectivity index (χ1) is 10.6. The first-order valence-electron chi connectivity index (χ1n) is 7.00. The standard InChI is InChI=1S/C13H18N4O4S/c1-8(14)12-15-16-13(21-12)10-7-11(20-9(10)2)22(18)17-3-5-19-6-4-17/h7-8H,3-6,14H2,1-2H3. The summed E-state index contributed by atoms with van der Waals surface area (Å²) in [5.41, 5.74) is 6.34. The lowest BCUT2D eigenvalue weighted by atomic mass is 10.3. The van der Waals surface area contributed by atoms with Crippen molar-refractivity contribution >= 4 is 11.0 Å². The minimum absolute atomic E-state index is 0.318. The second-order valence-electron chi connectivity index (χ2n) is 5.06. The van der Waals surface area contributed by atoms with Gasteiger partial charge in [-0.05, 0) is 13.8 Å². The van der Waals surface area contributed by atoms with Gasteiger partial charge in [-0.1, -0.05) is 0 Å². The van der Waals surface area contributed by atoms with Crippen molar-refractivity contribution in [1.29, 1.82) is 0 Å². The SMILES string of the molecule is Cc1oc(S(=O)N2CCOCC2)cc1-c1nnc(C(C)N)o1. The molecule has 0 radical (unpaired) electrons. The number of hydrogen-bond donors (Lipinski definition) is 1. The van der Waals surface area contributed by atoms with Crippen LogP contribution in [-0.4, -0.2) is 45.0 Å². The van der Waals surface area contributed by atoms with Crippen LogP contribution >= 0.6 is 0 Å². The van der Waals surface area contributed by atoms with E-state index >= 15 is 0 Å². The zero-order chi connectivity index (χ0) is 15.7. The van der Waals surface area contributed by atoms with Crippen molar-refractivity contribution in [1.82, 2.24) is 14.5 Å². The molecule has 0 saturated carbocycles. The Morgan fingerprint density at radius 2 is 2.05 bits per heavy atom. The zero-order valence-electron chi connectivity index (χ0n) is 12.4. The Labute approximate surface area is 130 Å². The molecule has 0 amide bonds. The number of rotatable bonds is 4. The summed E-state index contributed by atoms with van der Waals surface area (Å²) >= 11 is 0. The summed E-state index contributed by atoms with van der Waals surface area (Å²) in [4.78, 5) is 0. The maximum absolute atomic E-state index is 12.5. The molecule has 3 rings (SSSR count). The normalized spacial score (nSPS) is 19.2. The number of morpholine rings is 1. The average molecular weight is 326 g/mol. The highest BCUT2D eigenvalue weighted by Crippen LogP contribution is 2.29. The van der Waals surface area contributed by atoms with Crippen molar-refractivity contribution in [2.24, 2.45) is 5.73 Å². The van der Waals surface area contributed by atoms with Crippen LogP contribution in [0.3, 0.4) is 0 Å². The van der Waals surface area contributed by atoms with Crippen LogP contribution in [0.15, 0.2) is 20.0 Å². The highest BCUT2D eigenvalue weighted by Gasteiger charge is 2.24. The summed E-state index contributed by atoms with van der Waals surface area (Å²) in [6.45, 7) is 5.89. The Hall–Kier alpha value is -1.55. The summed E-state index contributed by atoms with van der Waals surface area (Å²) in [6, 6.07) is 1.34. The minimum atomic E-state index is -1.36.